The van der Waals surface area contributed by atoms with Crippen LogP contribution < -0.4 is 4.73 Å². The van der Waals surface area contributed by atoms with Gasteiger partial charge in [-0.2, -0.15) is 4.73 Å². The summed E-state index contributed by atoms with van der Waals surface area (Å²) in [6.07, 6.45) is 3.08. The van der Waals surface area contributed by atoms with Crippen LogP contribution in [0.1, 0.15) is 36.5 Å². The van der Waals surface area contributed by atoms with Crippen molar-refractivity contribution in [3.63, 3.8) is 0 Å². The Balaban J connectivity index is 2.51. The van der Waals surface area contributed by atoms with Crippen LogP contribution in [0, 0.1) is 19.1 Å². The Morgan fingerprint density at radius 3 is 1.89 bits per heavy atom. The molecule has 0 fully saturated rings. The number of hydrogen-bond donors (Lipinski definition) is 0. The van der Waals surface area contributed by atoms with Crippen LogP contribution in [0.5, 0.6) is 0 Å². The zero-order chi connectivity index (χ0) is 13.3. The highest BCUT2D eigenvalue weighted by Crippen LogP contribution is 2.29. The van der Waals surface area contributed by atoms with Gasteiger partial charge < -0.3 is 5.21 Å². The summed E-state index contributed by atoms with van der Waals surface area (Å²) in [5.74, 6) is 0.540. The molecule has 1 heterocycles. The topological polar surface area (TPSA) is 26.9 Å². The smallest absolute Gasteiger partial charge is 0.180 e. The van der Waals surface area contributed by atoms with Crippen molar-refractivity contribution in [3.8, 4) is 11.1 Å². The molecule has 0 bridgehead atoms. The standard InChI is InChI=1S/C16H19NO/c1-11(2)16-12(3)9-15(10-13(16)4)14-5-7-17(18)8-6-14/h5-11H,1-4H3. The summed E-state index contributed by atoms with van der Waals surface area (Å²) in [5.41, 5.74) is 6.32. The molecule has 1 aromatic heterocycles. The Kier molecular flexibility index (Phi) is 3.37. The third-order valence-electron chi connectivity index (χ3n) is 3.31. The van der Waals surface area contributed by atoms with Gasteiger partial charge in [0.1, 0.15) is 0 Å². The van der Waals surface area contributed by atoms with E-state index < -0.39 is 0 Å². The van der Waals surface area contributed by atoms with Crippen LogP contribution in [0.15, 0.2) is 36.7 Å². The average Bonchev–Trinajstić information content (AvgIpc) is 2.28. The molecule has 0 aliphatic heterocycles. The van der Waals surface area contributed by atoms with Crippen LogP contribution in [0.25, 0.3) is 11.1 Å². The normalized spacial score (nSPS) is 10.9. The molecule has 2 nitrogen and oxygen atoms in total. The van der Waals surface area contributed by atoms with E-state index in [-0.39, 0.29) is 0 Å². The Bertz CT molecular complexity index is 533. The van der Waals surface area contributed by atoms with Crippen LogP contribution >= 0.6 is 0 Å². The van der Waals surface area contributed by atoms with Crippen molar-refractivity contribution in [1.82, 2.24) is 0 Å². The molecule has 0 spiro atoms. The molecule has 1 aromatic carbocycles. The first-order valence-corrected chi connectivity index (χ1v) is 6.29. The minimum absolute atomic E-state index is 0.540. The van der Waals surface area contributed by atoms with Crippen molar-refractivity contribution >= 4 is 0 Å². The molecule has 0 aliphatic carbocycles. The zero-order valence-corrected chi connectivity index (χ0v) is 11.4. The van der Waals surface area contributed by atoms with Gasteiger partial charge in [-0.25, -0.2) is 0 Å². The van der Waals surface area contributed by atoms with E-state index in [0.717, 1.165) is 10.3 Å². The molecule has 0 unspecified atom stereocenters. The summed E-state index contributed by atoms with van der Waals surface area (Å²) in [4.78, 5) is 0. The molecule has 0 N–H and O–H groups in total. The highest BCUT2D eigenvalue weighted by molar-refractivity contribution is 5.65. The molecule has 2 rings (SSSR count). The summed E-state index contributed by atoms with van der Waals surface area (Å²) in [7, 11) is 0. The van der Waals surface area contributed by atoms with Crippen LogP contribution in [0.3, 0.4) is 0 Å². The van der Waals surface area contributed by atoms with Crippen molar-refractivity contribution in [1.29, 1.82) is 0 Å². The van der Waals surface area contributed by atoms with Crippen LogP contribution in [-0.4, -0.2) is 0 Å². The molecule has 0 saturated heterocycles. The second kappa shape index (κ2) is 4.81. The predicted octanol–water partition coefficient (Wildman–Crippen LogP) is 3.73. The van der Waals surface area contributed by atoms with Gasteiger partial charge in [0.15, 0.2) is 12.4 Å². The second-order valence-corrected chi connectivity index (χ2v) is 5.13. The van der Waals surface area contributed by atoms with Crippen molar-refractivity contribution in [2.75, 3.05) is 0 Å². The maximum Gasteiger partial charge on any atom is 0.180 e. The summed E-state index contributed by atoms with van der Waals surface area (Å²) in [6.45, 7) is 8.75. The molecular formula is C16H19NO. The van der Waals surface area contributed by atoms with Gasteiger partial charge in [-0.15, -0.1) is 0 Å². The van der Waals surface area contributed by atoms with E-state index in [1.165, 1.54) is 34.6 Å². The lowest BCUT2D eigenvalue weighted by Crippen LogP contribution is -2.23. The number of rotatable bonds is 2. The summed E-state index contributed by atoms with van der Waals surface area (Å²) >= 11 is 0. The lowest BCUT2D eigenvalue weighted by atomic mass is 9.90. The van der Waals surface area contributed by atoms with E-state index in [0.29, 0.717) is 5.92 Å². The fourth-order valence-corrected chi connectivity index (χ4v) is 2.66. The zero-order valence-electron chi connectivity index (χ0n) is 11.4. The van der Waals surface area contributed by atoms with Crippen LogP contribution in [-0.2, 0) is 0 Å². The van der Waals surface area contributed by atoms with E-state index in [1.807, 2.05) is 12.1 Å². The van der Waals surface area contributed by atoms with Crippen LogP contribution in [0.2, 0.25) is 0 Å². The Labute approximate surface area is 108 Å². The van der Waals surface area contributed by atoms with E-state index >= 15 is 0 Å². The average molecular weight is 241 g/mol. The third-order valence-corrected chi connectivity index (χ3v) is 3.31. The molecule has 0 radical (unpaired) electrons. The molecule has 2 heteroatoms. The third kappa shape index (κ3) is 2.37. The molecule has 18 heavy (non-hydrogen) atoms. The Hall–Kier alpha value is -1.83. The van der Waals surface area contributed by atoms with Crippen molar-refractivity contribution in [3.05, 3.63) is 58.6 Å². The number of aryl methyl sites for hydroxylation is 2. The lowest BCUT2D eigenvalue weighted by Gasteiger charge is -2.15. The molecule has 0 saturated carbocycles. The SMILES string of the molecule is Cc1cc(-c2cc[n+]([O-])cc2)cc(C)c1C(C)C. The minimum atomic E-state index is 0.540. The molecule has 2 aromatic rings. The monoisotopic (exact) mass is 241 g/mol. The van der Waals surface area contributed by atoms with Crippen LogP contribution in [0.4, 0.5) is 0 Å². The van der Waals surface area contributed by atoms with Gasteiger partial charge >= 0.3 is 0 Å². The minimum Gasteiger partial charge on any atom is -0.619 e. The number of pyridine rings is 1. The number of nitrogens with zero attached hydrogens (tertiary/aromatic N) is 1. The predicted molar refractivity (Wildman–Crippen MR) is 74.4 cm³/mol. The van der Waals surface area contributed by atoms with Gasteiger partial charge in [0.05, 0.1) is 0 Å². The fourth-order valence-electron chi connectivity index (χ4n) is 2.66. The van der Waals surface area contributed by atoms with E-state index in [2.05, 4.69) is 39.8 Å². The van der Waals surface area contributed by atoms with Gasteiger partial charge in [0.2, 0.25) is 0 Å². The highest BCUT2D eigenvalue weighted by Gasteiger charge is 2.10. The quantitative estimate of drug-likeness (QED) is 0.581. The molecule has 0 atom stereocenters. The number of hydrogen-bond acceptors (Lipinski definition) is 1. The molecule has 0 aliphatic rings. The maximum atomic E-state index is 11.0. The largest absolute Gasteiger partial charge is 0.619 e. The van der Waals surface area contributed by atoms with Gasteiger partial charge in [0.25, 0.3) is 0 Å². The fraction of sp³-hybridized carbons (Fsp3) is 0.312. The van der Waals surface area contributed by atoms with E-state index in [9.17, 15) is 5.21 Å². The Morgan fingerprint density at radius 1 is 0.944 bits per heavy atom. The van der Waals surface area contributed by atoms with E-state index in [4.69, 9.17) is 0 Å². The van der Waals surface area contributed by atoms with E-state index in [1.54, 1.807) is 0 Å². The maximum absolute atomic E-state index is 11.0. The first-order chi connectivity index (χ1) is 8.49. The first kappa shape index (κ1) is 12.6. The van der Waals surface area contributed by atoms with Gasteiger partial charge in [-0.05, 0) is 47.6 Å². The molecule has 0 amide bonds. The van der Waals surface area contributed by atoms with Crippen molar-refractivity contribution in [2.24, 2.45) is 0 Å². The number of benzene rings is 1. The van der Waals surface area contributed by atoms with Gasteiger partial charge in [-0.1, -0.05) is 26.0 Å². The summed E-state index contributed by atoms with van der Waals surface area (Å²) in [5, 5.41) is 11.0. The molecular weight excluding hydrogens is 222 g/mol. The van der Waals surface area contributed by atoms with Crippen molar-refractivity contribution in [2.45, 2.75) is 33.6 Å². The lowest BCUT2D eigenvalue weighted by molar-refractivity contribution is -0.605. The Morgan fingerprint density at radius 2 is 1.44 bits per heavy atom. The summed E-state index contributed by atoms with van der Waals surface area (Å²) < 4.78 is 0.811. The number of aromatic nitrogens is 1. The molecule has 94 valence electrons. The van der Waals surface area contributed by atoms with Gasteiger partial charge in [0, 0.05) is 12.1 Å². The van der Waals surface area contributed by atoms with Crippen molar-refractivity contribution < 1.29 is 4.73 Å². The second-order valence-electron chi connectivity index (χ2n) is 5.13. The highest BCUT2D eigenvalue weighted by atomic mass is 16.5. The first-order valence-electron chi connectivity index (χ1n) is 6.29. The summed E-state index contributed by atoms with van der Waals surface area (Å²) in [6, 6.07) is 8.12. The van der Waals surface area contributed by atoms with Gasteiger partial charge in [-0.3, -0.25) is 0 Å².